The first-order valence-electron chi connectivity index (χ1n) is 9.74. The molecule has 6 nitrogen and oxygen atoms in total. The summed E-state index contributed by atoms with van der Waals surface area (Å²) >= 11 is 0. The lowest BCUT2D eigenvalue weighted by molar-refractivity contribution is -0.117. The molecule has 0 aliphatic carbocycles. The molecule has 0 bridgehead atoms. The topological polar surface area (TPSA) is 69.7 Å². The highest BCUT2D eigenvalue weighted by atomic mass is 16.5. The maximum atomic E-state index is 12.4. The highest BCUT2D eigenvalue weighted by molar-refractivity contribution is 5.95. The van der Waals surface area contributed by atoms with Crippen molar-refractivity contribution in [2.45, 2.75) is 13.0 Å². The van der Waals surface area contributed by atoms with Gasteiger partial charge >= 0.3 is 0 Å². The van der Waals surface area contributed by atoms with Crippen molar-refractivity contribution in [1.82, 2.24) is 10.3 Å². The van der Waals surface area contributed by atoms with E-state index >= 15 is 0 Å². The number of rotatable bonds is 9. The van der Waals surface area contributed by atoms with Gasteiger partial charge in [0.2, 0.25) is 5.91 Å². The molecule has 0 saturated carbocycles. The second kappa shape index (κ2) is 10.4. The van der Waals surface area contributed by atoms with E-state index < -0.39 is 0 Å². The fraction of sp³-hybridized carbons (Fsp3) is 0.250. The van der Waals surface area contributed by atoms with Crippen molar-refractivity contribution in [1.29, 1.82) is 0 Å². The molecule has 0 fully saturated rings. The highest BCUT2D eigenvalue weighted by Gasteiger charge is 2.12. The summed E-state index contributed by atoms with van der Waals surface area (Å²) in [5.41, 5.74) is 2.68. The fourth-order valence-electron chi connectivity index (χ4n) is 3.08. The van der Waals surface area contributed by atoms with Crippen LogP contribution in [0.4, 0.5) is 0 Å². The molecule has 2 aromatic carbocycles. The van der Waals surface area contributed by atoms with Crippen LogP contribution < -0.4 is 14.8 Å². The number of nitrogens with one attached hydrogen (secondary N) is 1. The number of aromatic nitrogens is 1. The van der Waals surface area contributed by atoms with Crippen molar-refractivity contribution in [3.63, 3.8) is 0 Å². The second-order valence-electron chi connectivity index (χ2n) is 6.74. The van der Waals surface area contributed by atoms with Crippen LogP contribution in [0.5, 0.6) is 11.5 Å². The van der Waals surface area contributed by atoms with E-state index in [9.17, 15) is 4.79 Å². The highest BCUT2D eigenvalue weighted by Crippen LogP contribution is 2.30. The molecule has 156 valence electrons. The number of methoxy groups -OCH3 is 2. The van der Waals surface area contributed by atoms with Crippen molar-refractivity contribution in [2.24, 2.45) is 0 Å². The molecular weight excluding hydrogens is 380 g/mol. The fourth-order valence-corrected chi connectivity index (χ4v) is 3.08. The van der Waals surface area contributed by atoms with Crippen LogP contribution in [-0.4, -0.2) is 38.3 Å². The van der Waals surface area contributed by atoms with Crippen LogP contribution in [-0.2, 0) is 9.53 Å². The number of fused-ring (bicyclic) bond motifs is 1. The molecule has 0 radical (unpaired) electrons. The number of hydrogen-bond donors (Lipinski definition) is 1. The Morgan fingerprint density at radius 2 is 1.93 bits per heavy atom. The van der Waals surface area contributed by atoms with Gasteiger partial charge in [0, 0.05) is 30.3 Å². The van der Waals surface area contributed by atoms with Gasteiger partial charge in [-0.3, -0.25) is 9.78 Å². The van der Waals surface area contributed by atoms with Crippen LogP contribution in [0.2, 0.25) is 0 Å². The number of hydrogen-bond acceptors (Lipinski definition) is 5. The Morgan fingerprint density at radius 3 is 2.73 bits per heavy atom. The van der Waals surface area contributed by atoms with Gasteiger partial charge in [-0.15, -0.1) is 0 Å². The number of carbonyl (C=O) groups is 1. The minimum Gasteiger partial charge on any atom is -0.493 e. The van der Waals surface area contributed by atoms with Gasteiger partial charge in [0.25, 0.3) is 0 Å². The molecule has 1 aromatic heterocycles. The smallest absolute Gasteiger partial charge is 0.244 e. The largest absolute Gasteiger partial charge is 0.493 e. The Balaban J connectivity index is 1.67. The van der Waals surface area contributed by atoms with Crippen molar-refractivity contribution >= 4 is 22.9 Å². The third-order valence-corrected chi connectivity index (χ3v) is 4.67. The van der Waals surface area contributed by atoms with E-state index in [1.54, 1.807) is 26.5 Å². The predicted octanol–water partition coefficient (Wildman–Crippen LogP) is 4.16. The molecule has 0 saturated heterocycles. The van der Waals surface area contributed by atoms with E-state index in [0.29, 0.717) is 24.7 Å². The van der Waals surface area contributed by atoms with Gasteiger partial charge < -0.3 is 19.5 Å². The number of ether oxygens (including phenoxy) is 3. The zero-order chi connectivity index (χ0) is 21.3. The average Bonchev–Trinajstić information content (AvgIpc) is 2.77. The van der Waals surface area contributed by atoms with Crippen molar-refractivity contribution in [3.05, 3.63) is 71.9 Å². The Labute approximate surface area is 176 Å². The van der Waals surface area contributed by atoms with Gasteiger partial charge in [-0.2, -0.15) is 0 Å². The SMILES string of the molecule is COCCOc1ccc(C(C)NC(=O)/C=C/c2cccc3cccnc23)cc1OC. The average molecular weight is 406 g/mol. The third-order valence-electron chi connectivity index (χ3n) is 4.67. The summed E-state index contributed by atoms with van der Waals surface area (Å²) in [6.07, 6.45) is 5.06. The molecule has 30 heavy (non-hydrogen) atoms. The molecule has 0 aliphatic rings. The summed E-state index contributed by atoms with van der Waals surface area (Å²) < 4.78 is 16.1. The van der Waals surface area contributed by atoms with Crippen LogP contribution >= 0.6 is 0 Å². The molecule has 1 N–H and O–H groups in total. The third kappa shape index (κ3) is 5.36. The van der Waals surface area contributed by atoms with E-state index in [4.69, 9.17) is 14.2 Å². The first kappa shape index (κ1) is 21.3. The van der Waals surface area contributed by atoms with Gasteiger partial charge in [-0.25, -0.2) is 0 Å². The molecule has 1 atom stereocenters. The van der Waals surface area contributed by atoms with Gasteiger partial charge in [-0.05, 0) is 36.8 Å². The van der Waals surface area contributed by atoms with E-state index in [2.05, 4.69) is 10.3 Å². The molecule has 1 amide bonds. The summed E-state index contributed by atoms with van der Waals surface area (Å²) in [7, 11) is 3.21. The zero-order valence-corrected chi connectivity index (χ0v) is 17.4. The van der Waals surface area contributed by atoms with Crippen LogP contribution in [0.3, 0.4) is 0 Å². The standard InChI is InChI=1S/C24H26N2O4/c1-17(20-9-11-21(22(16-20)29-3)30-15-14-28-2)26-23(27)12-10-19-7-4-6-18-8-5-13-25-24(18)19/h4-13,16-17H,14-15H2,1-3H3,(H,26,27)/b12-10+. The first-order valence-corrected chi connectivity index (χ1v) is 9.74. The van der Waals surface area contributed by atoms with Crippen LogP contribution in [0.1, 0.15) is 24.1 Å². The van der Waals surface area contributed by atoms with E-state index in [1.165, 1.54) is 6.08 Å². The second-order valence-corrected chi connectivity index (χ2v) is 6.74. The van der Waals surface area contributed by atoms with Gasteiger partial charge in [-0.1, -0.05) is 30.3 Å². The monoisotopic (exact) mass is 406 g/mol. The molecule has 6 heteroatoms. The van der Waals surface area contributed by atoms with Crippen LogP contribution in [0.15, 0.2) is 60.8 Å². The molecule has 1 heterocycles. The normalized spacial score (nSPS) is 12.1. The Kier molecular flexibility index (Phi) is 7.40. The lowest BCUT2D eigenvalue weighted by Crippen LogP contribution is -2.24. The number of carbonyl (C=O) groups excluding carboxylic acids is 1. The minimum atomic E-state index is -0.199. The summed E-state index contributed by atoms with van der Waals surface area (Å²) in [5, 5.41) is 4.01. The van der Waals surface area contributed by atoms with E-state index in [1.807, 2.05) is 55.5 Å². The van der Waals surface area contributed by atoms with Crippen LogP contribution in [0, 0.1) is 0 Å². The van der Waals surface area contributed by atoms with E-state index in [0.717, 1.165) is 22.0 Å². The van der Waals surface area contributed by atoms with Gasteiger partial charge in [0.1, 0.15) is 6.61 Å². The summed E-state index contributed by atoms with van der Waals surface area (Å²) in [6, 6.07) is 15.2. The minimum absolute atomic E-state index is 0.185. The maximum Gasteiger partial charge on any atom is 0.244 e. The van der Waals surface area contributed by atoms with Crippen molar-refractivity contribution < 1.29 is 19.0 Å². The number of para-hydroxylation sites is 1. The maximum absolute atomic E-state index is 12.4. The van der Waals surface area contributed by atoms with Crippen molar-refractivity contribution in [3.8, 4) is 11.5 Å². The predicted molar refractivity (Wildman–Crippen MR) is 118 cm³/mol. The van der Waals surface area contributed by atoms with Crippen molar-refractivity contribution in [2.75, 3.05) is 27.4 Å². The Morgan fingerprint density at radius 1 is 1.10 bits per heavy atom. The zero-order valence-electron chi connectivity index (χ0n) is 17.4. The summed E-state index contributed by atoms with van der Waals surface area (Å²) in [5.74, 6) is 1.07. The number of pyridine rings is 1. The lowest BCUT2D eigenvalue weighted by atomic mass is 10.1. The first-order chi connectivity index (χ1) is 14.6. The van der Waals surface area contributed by atoms with E-state index in [-0.39, 0.29) is 11.9 Å². The number of nitrogens with zero attached hydrogens (tertiary/aromatic N) is 1. The molecule has 0 aliphatic heterocycles. The molecule has 0 spiro atoms. The lowest BCUT2D eigenvalue weighted by Gasteiger charge is -2.16. The van der Waals surface area contributed by atoms with Gasteiger partial charge in [0.05, 0.1) is 25.3 Å². The molecular formula is C24H26N2O4. The molecule has 1 unspecified atom stereocenters. The number of benzene rings is 2. The Hall–Kier alpha value is -3.38. The van der Waals surface area contributed by atoms with Crippen LogP contribution in [0.25, 0.3) is 17.0 Å². The Bertz CT molecular complexity index is 1030. The summed E-state index contributed by atoms with van der Waals surface area (Å²) in [6.45, 7) is 2.85. The molecule has 3 rings (SSSR count). The summed E-state index contributed by atoms with van der Waals surface area (Å²) in [4.78, 5) is 16.8. The molecule has 3 aromatic rings. The van der Waals surface area contributed by atoms with Gasteiger partial charge in [0.15, 0.2) is 11.5 Å². The quantitative estimate of drug-likeness (QED) is 0.427. The number of amides is 1.